The summed E-state index contributed by atoms with van der Waals surface area (Å²) in [4.78, 5) is 12.2. The van der Waals surface area contributed by atoms with Gasteiger partial charge < -0.3 is 10.1 Å². The van der Waals surface area contributed by atoms with Crippen molar-refractivity contribution in [2.75, 3.05) is 32.8 Å². The van der Waals surface area contributed by atoms with Gasteiger partial charge in [-0.1, -0.05) is 0 Å². The first-order valence-electron chi connectivity index (χ1n) is 5.12. The first-order chi connectivity index (χ1) is 7.45. The minimum atomic E-state index is -4.32. The summed E-state index contributed by atoms with van der Waals surface area (Å²) in [6.45, 7) is 1.97. The molecular weight excluding hydrogens is 225 g/mol. The number of nitrogens with one attached hydrogen (secondary N) is 1. The van der Waals surface area contributed by atoms with E-state index >= 15 is 0 Å². The molecule has 4 nitrogen and oxygen atoms in total. The number of hydrogen-bond acceptors (Lipinski definition) is 4. The Morgan fingerprint density at radius 3 is 2.81 bits per heavy atom. The van der Waals surface area contributed by atoms with E-state index in [4.69, 9.17) is 0 Å². The highest BCUT2D eigenvalue weighted by Crippen LogP contribution is 2.25. The summed E-state index contributed by atoms with van der Waals surface area (Å²) in [6, 6.07) is -1.61. The van der Waals surface area contributed by atoms with Crippen LogP contribution in [0.3, 0.4) is 0 Å². The summed E-state index contributed by atoms with van der Waals surface area (Å²) in [5.41, 5.74) is 0. The standard InChI is InChI=1S/C9H15F3N2O2/c1-2-16-8(15)6-14-4-3-13-5-7(14)9(10,11)12/h7,13H,2-6H2,1H3/t7-/m0/s1. The van der Waals surface area contributed by atoms with Crippen LogP contribution < -0.4 is 5.32 Å². The zero-order valence-corrected chi connectivity index (χ0v) is 9.01. The second-order valence-electron chi connectivity index (χ2n) is 3.54. The van der Waals surface area contributed by atoms with Crippen LogP contribution in [0.25, 0.3) is 0 Å². The van der Waals surface area contributed by atoms with Crippen molar-refractivity contribution in [1.82, 2.24) is 10.2 Å². The lowest BCUT2D eigenvalue weighted by Gasteiger charge is -2.36. The Balaban J connectivity index is 2.57. The van der Waals surface area contributed by atoms with Crippen LogP contribution in [0, 0.1) is 0 Å². The van der Waals surface area contributed by atoms with Gasteiger partial charge in [0.2, 0.25) is 0 Å². The zero-order valence-electron chi connectivity index (χ0n) is 9.01. The average Bonchev–Trinajstić information content (AvgIpc) is 2.17. The SMILES string of the molecule is CCOC(=O)CN1CCNC[C@H]1C(F)(F)F. The quantitative estimate of drug-likeness (QED) is 0.724. The molecule has 94 valence electrons. The van der Waals surface area contributed by atoms with Crippen molar-refractivity contribution in [2.24, 2.45) is 0 Å². The van der Waals surface area contributed by atoms with Crippen LogP contribution >= 0.6 is 0 Å². The molecule has 0 aromatic rings. The minimum absolute atomic E-state index is 0.178. The second kappa shape index (κ2) is 5.49. The largest absolute Gasteiger partial charge is 0.465 e. The lowest BCUT2D eigenvalue weighted by Crippen LogP contribution is -2.58. The summed E-state index contributed by atoms with van der Waals surface area (Å²) in [7, 11) is 0. The molecule has 1 heterocycles. The van der Waals surface area contributed by atoms with Crippen LogP contribution in [0.1, 0.15) is 6.92 Å². The maximum absolute atomic E-state index is 12.6. The van der Waals surface area contributed by atoms with Gasteiger partial charge in [-0.3, -0.25) is 9.69 Å². The molecule has 0 aliphatic carbocycles. The number of piperazine rings is 1. The van der Waals surface area contributed by atoms with Crippen molar-refractivity contribution in [1.29, 1.82) is 0 Å². The van der Waals surface area contributed by atoms with Gasteiger partial charge in [0.25, 0.3) is 0 Å². The van der Waals surface area contributed by atoms with Crippen molar-refractivity contribution >= 4 is 5.97 Å². The summed E-state index contributed by atoms with van der Waals surface area (Å²) in [5, 5.41) is 2.66. The molecule has 0 aromatic carbocycles. The number of carbonyl (C=O) groups is 1. The predicted molar refractivity (Wildman–Crippen MR) is 50.9 cm³/mol. The first kappa shape index (κ1) is 13.2. The number of carbonyl (C=O) groups excluding carboxylic acids is 1. The molecule has 1 saturated heterocycles. The molecule has 1 rings (SSSR count). The summed E-state index contributed by atoms with van der Waals surface area (Å²) < 4.78 is 42.4. The fourth-order valence-corrected chi connectivity index (χ4v) is 1.63. The molecule has 0 spiro atoms. The van der Waals surface area contributed by atoms with E-state index in [9.17, 15) is 18.0 Å². The van der Waals surface area contributed by atoms with E-state index in [-0.39, 0.29) is 26.2 Å². The van der Waals surface area contributed by atoms with Crippen LogP contribution in [0.4, 0.5) is 13.2 Å². The Morgan fingerprint density at radius 2 is 2.25 bits per heavy atom. The Labute approximate surface area is 91.7 Å². The van der Waals surface area contributed by atoms with Crippen molar-refractivity contribution < 1.29 is 22.7 Å². The Hall–Kier alpha value is -0.820. The minimum Gasteiger partial charge on any atom is -0.465 e. The van der Waals surface area contributed by atoms with Gasteiger partial charge in [0.1, 0.15) is 6.04 Å². The summed E-state index contributed by atoms with van der Waals surface area (Å²) >= 11 is 0. The monoisotopic (exact) mass is 240 g/mol. The van der Waals surface area contributed by atoms with Gasteiger partial charge in [0.15, 0.2) is 0 Å². The molecule has 0 aromatic heterocycles. The average molecular weight is 240 g/mol. The number of esters is 1. The van der Waals surface area contributed by atoms with E-state index in [2.05, 4.69) is 10.1 Å². The van der Waals surface area contributed by atoms with Crippen molar-refractivity contribution in [2.45, 2.75) is 19.1 Å². The maximum Gasteiger partial charge on any atom is 0.405 e. The van der Waals surface area contributed by atoms with Gasteiger partial charge in [-0.15, -0.1) is 0 Å². The van der Waals surface area contributed by atoms with Crippen molar-refractivity contribution in [3.8, 4) is 0 Å². The van der Waals surface area contributed by atoms with E-state index < -0.39 is 18.2 Å². The predicted octanol–water partition coefficient (Wildman–Crippen LogP) is 0.386. The topological polar surface area (TPSA) is 41.6 Å². The van der Waals surface area contributed by atoms with Crippen LogP contribution in [-0.4, -0.2) is 55.9 Å². The van der Waals surface area contributed by atoms with E-state index in [1.807, 2.05) is 0 Å². The number of ether oxygens (including phenoxy) is 1. The molecule has 1 aliphatic rings. The Kier molecular flexibility index (Phi) is 4.55. The summed E-state index contributed by atoms with van der Waals surface area (Å²) in [5.74, 6) is -0.612. The molecule has 1 fully saturated rings. The van der Waals surface area contributed by atoms with Crippen LogP contribution in [-0.2, 0) is 9.53 Å². The van der Waals surface area contributed by atoms with Gasteiger partial charge in [-0.25, -0.2) is 0 Å². The third-order valence-electron chi connectivity index (χ3n) is 2.37. The van der Waals surface area contributed by atoms with Gasteiger partial charge in [0, 0.05) is 19.6 Å². The van der Waals surface area contributed by atoms with Gasteiger partial charge in [0.05, 0.1) is 13.2 Å². The highest BCUT2D eigenvalue weighted by molar-refractivity contribution is 5.71. The van der Waals surface area contributed by atoms with E-state index in [1.54, 1.807) is 6.92 Å². The number of nitrogens with zero attached hydrogens (tertiary/aromatic N) is 1. The third kappa shape index (κ3) is 3.64. The molecule has 0 bridgehead atoms. The molecule has 1 N–H and O–H groups in total. The van der Waals surface area contributed by atoms with Crippen molar-refractivity contribution in [3.63, 3.8) is 0 Å². The highest BCUT2D eigenvalue weighted by Gasteiger charge is 2.45. The normalized spacial score (nSPS) is 23.1. The molecule has 7 heteroatoms. The van der Waals surface area contributed by atoms with E-state index in [1.165, 1.54) is 0 Å². The van der Waals surface area contributed by atoms with Gasteiger partial charge in [-0.2, -0.15) is 13.2 Å². The van der Waals surface area contributed by atoms with Crippen LogP contribution in [0.5, 0.6) is 0 Å². The summed E-state index contributed by atoms with van der Waals surface area (Å²) in [6.07, 6.45) is -4.32. The maximum atomic E-state index is 12.6. The van der Waals surface area contributed by atoms with E-state index in [0.717, 1.165) is 4.90 Å². The lowest BCUT2D eigenvalue weighted by molar-refractivity contribution is -0.189. The first-order valence-corrected chi connectivity index (χ1v) is 5.12. The Bertz CT molecular complexity index is 245. The van der Waals surface area contributed by atoms with Crippen molar-refractivity contribution in [3.05, 3.63) is 0 Å². The fourth-order valence-electron chi connectivity index (χ4n) is 1.63. The number of hydrogen-bond donors (Lipinski definition) is 1. The molecular formula is C9H15F3N2O2. The zero-order chi connectivity index (χ0) is 12.2. The molecule has 16 heavy (non-hydrogen) atoms. The molecule has 0 saturated carbocycles. The van der Waals surface area contributed by atoms with Gasteiger partial charge in [-0.05, 0) is 6.92 Å². The number of halogens is 3. The van der Waals surface area contributed by atoms with Crippen LogP contribution in [0.2, 0.25) is 0 Å². The van der Waals surface area contributed by atoms with Crippen LogP contribution in [0.15, 0.2) is 0 Å². The van der Waals surface area contributed by atoms with Gasteiger partial charge >= 0.3 is 12.1 Å². The molecule has 0 unspecified atom stereocenters. The Morgan fingerprint density at radius 1 is 1.56 bits per heavy atom. The van der Waals surface area contributed by atoms with E-state index in [0.29, 0.717) is 6.54 Å². The third-order valence-corrected chi connectivity index (χ3v) is 2.37. The fraction of sp³-hybridized carbons (Fsp3) is 0.889. The molecule has 1 atom stereocenters. The molecule has 0 amide bonds. The lowest BCUT2D eigenvalue weighted by atomic mass is 10.2. The molecule has 0 radical (unpaired) electrons. The highest BCUT2D eigenvalue weighted by atomic mass is 19.4. The second-order valence-corrected chi connectivity index (χ2v) is 3.54. The number of alkyl halides is 3. The smallest absolute Gasteiger partial charge is 0.405 e. The number of rotatable bonds is 3. The molecule has 1 aliphatic heterocycles.